The van der Waals surface area contributed by atoms with Gasteiger partial charge >= 0.3 is 0 Å². The molecule has 5 nitrogen and oxygen atoms in total. The zero-order valence-electron chi connectivity index (χ0n) is 13.4. The van der Waals surface area contributed by atoms with Gasteiger partial charge in [0.1, 0.15) is 5.69 Å². The van der Waals surface area contributed by atoms with Crippen molar-refractivity contribution in [2.24, 2.45) is 0 Å². The van der Waals surface area contributed by atoms with E-state index in [9.17, 15) is 4.79 Å². The molecular weight excluding hydrogens is 288 g/mol. The summed E-state index contributed by atoms with van der Waals surface area (Å²) in [7, 11) is 1.84. The molecule has 0 saturated carbocycles. The van der Waals surface area contributed by atoms with E-state index in [1.165, 1.54) is 16.1 Å². The molecule has 1 amide bonds. The van der Waals surface area contributed by atoms with Gasteiger partial charge in [0.05, 0.1) is 0 Å². The molecule has 116 valence electrons. The maximum atomic E-state index is 12.0. The minimum atomic E-state index is -0.230. The van der Waals surface area contributed by atoms with Crippen LogP contribution in [0.5, 0.6) is 0 Å². The highest BCUT2D eigenvalue weighted by Gasteiger charge is 2.43. The first-order chi connectivity index (χ1) is 10.9. The van der Waals surface area contributed by atoms with Gasteiger partial charge in [-0.1, -0.05) is 24.1 Å². The standard InChI is InChI=1S/C12H14N4O.C6H4/c1-5-9-6-7-13-11(14-9)16-10(17)8-12(2,3)15(16)4;1-2-5-4-6(5)3-1/h1,6-7H,8H2,2-4H3;1-4H. The van der Waals surface area contributed by atoms with Crippen LogP contribution in [0.2, 0.25) is 0 Å². The fourth-order valence-corrected chi connectivity index (χ4v) is 2.45. The highest BCUT2D eigenvalue weighted by Crippen LogP contribution is 2.32. The molecule has 1 aliphatic heterocycles. The minimum Gasteiger partial charge on any atom is -0.273 e. The summed E-state index contributed by atoms with van der Waals surface area (Å²) in [4.78, 5) is 20.2. The number of terminal acetylenes is 1. The van der Waals surface area contributed by atoms with Crippen molar-refractivity contribution in [3.8, 4) is 23.5 Å². The average molecular weight is 306 g/mol. The summed E-state index contributed by atoms with van der Waals surface area (Å²) in [6, 6.07) is 10.1. The summed E-state index contributed by atoms with van der Waals surface area (Å²) in [5.74, 6) is 2.74. The Balaban J connectivity index is 0.000000213. The Bertz CT molecular complexity index is 789. The molecule has 1 aromatic heterocycles. The Morgan fingerprint density at radius 1 is 1.26 bits per heavy atom. The first kappa shape index (κ1) is 15.2. The van der Waals surface area contributed by atoms with Gasteiger partial charge in [0.25, 0.3) is 0 Å². The number of amides is 1. The van der Waals surface area contributed by atoms with E-state index in [1.54, 1.807) is 12.3 Å². The van der Waals surface area contributed by atoms with Crippen LogP contribution in [0, 0.1) is 12.3 Å². The Labute approximate surface area is 135 Å². The second-order valence-corrected chi connectivity index (χ2v) is 6.19. The molecule has 5 heteroatoms. The van der Waals surface area contributed by atoms with Crippen LogP contribution < -0.4 is 5.01 Å². The summed E-state index contributed by atoms with van der Waals surface area (Å²) in [6.45, 7) is 3.99. The fourth-order valence-electron chi connectivity index (χ4n) is 2.45. The normalized spacial score (nSPS) is 17.3. The molecule has 3 aliphatic rings. The third kappa shape index (κ3) is 2.94. The number of hydrazine groups is 1. The van der Waals surface area contributed by atoms with Gasteiger partial charge in [0.15, 0.2) is 0 Å². The van der Waals surface area contributed by atoms with Crippen LogP contribution in [0.4, 0.5) is 5.95 Å². The van der Waals surface area contributed by atoms with Crippen LogP contribution in [0.15, 0.2) is 36.5 Å². The van der Waals surface area contributed by atoms with Crippen LogP contribution in [0.25, 0.3) is 11.1 Å². The number of benzene rings is 1. The van der Waals surface area contributed by atoms with Crippen molar-refractivity contribution in [1.29, 1.82) is 0 Å². The van der Waals surface area contributed by atoms with Crippen molar-refractivity contribution < 1.29 is 4.79 Å². The first-order valence-corrected chi connectivity index (χ1v) is 7.39. The molecule has 0 bridgehead atoms. The van der Waals surface area contributed by atoms with E-state index in [2.05, 4.69) is 40.2 Å². The number of aromatic nitrogens is 2. The molecule has 0 aromatic carbocycles. The number of carbonyl (C=O) groups excluding carboxylic acids is 1. The molecule has 2 aliphatic carbocycles. The molecule has 23 heavy (non-hydrogen) atoms. The summed E-state index contributed by atoms with van der Waals surface area (Å²) < 4.78 is 0. The second-order valence-electron chi connectivity index (χ2n) is 6.19. The first-order valence-electron chi connectivity index (χ1n) is 7.39. The molecule has 0 N–H and O–H groups in total. The van der Waals surface area contributed by atoms with E-state index in [0.717, 1.165) is 0 Å². The number of hydrogen-bond donors (Lipinski definition) is 0. The second kappa shape index (κ2) is 5.49. The Hall–Kier alpha value is -2.71. The van der Waals surface area contributed by atoms with E-state index in [1.807, 2.05) is 25.9 Å². The van der Waals surface area contributed by atoms with Crippen LogP contribution in [0.3, 0.4) is 0 Å². The van der Waals surface area contributed by atoms with Gasteiger partial charge in [0, 0.05) is 25.2 Å². The third-order valence-electron chi connectivity index (χ3n) is 4.09. The van der Waals surface area contributed by atoms with Crippen molar-refractivity contribution in [2.75, 3.05) is 12.1 Å². The third-order valence-corrected chi connectivity index (χ3v) is 4.09. The average Bonchev–Trinajstić information content (AvgIpc) is 3.05. The van der Waals surface area contributed by atoms with Crippen molar-refractivity contribution in [2.45, 2.75) is 25.8 Å². The van der Waals surface area contributed by atoms with Crippen molar-refractivity contribution >= 4 is 11.9 Å². The van der Waals surface area contributed by atoms with Gasteiger partial charge in [-0.3, -0.25) is 4.79 Å². The number of carbonyl (C=O) groups is 1. The molecule has 0 atom stereocenters. The largest absolute Gasteiger partial charge is 0.273 e. The Morgan fingerprint density at radius 2 is 1.96 bits per heavy atom. The quantitative estimate of drug-likeness (QED) is 0.648. The lowest BCUT2D eigenvalue weighted by molar-refractivity contribution is -0.118. The number of nitrogens with zero attached hydrogens (tertiary/aromatic N) is 4. The molecule has 0 spiro atoms. The van der Waals surface area contributed by atoms with Crippen LogP contribution in [0.1, 0.15) is 26.0 Å². The molecule has 0 unspecified atom stereocenters. The lowest BCUT2D eigenvalue weighted by Gasteiger charge is -2.31. The van der Waals surface area contributed by atoms with Gasteiger partial charge in [-0.05, 0) is 37.1 Å². The van der Waals surface area contributed by atoms with Crippen molar-refractivity contribution in [1.82, 2.24) is 15.0 Å². The van der Waals surface area contributed by atoms with Crippen molar-refractivity contribution in [3.05, 3.63) is 42.2 Å². The summed E-state index contributed by atoms with van der Waals surface area (Å²) in [6.07, 6.45) is 7.28. The zero-order chi connectivity index (χ0) is 16.6. The van der Waals surface area contributed by atoms with Gasteiger partial charge in [-0.25, -0.2) is 20.0 Å². The van der Waals surface area contributed by atoms with E-state index in [4.69, 9.17) is 6.42 Å². The lowest BCUT2D eigenvalue weighted by Crippen LogP contribution is -2.45. The smallest absolute Gasteiger partial charge is 0.248 e. The minimum absolute atomic E-state index is 0.0216. The SMILES string of the molecule is C#Cc1ccnc(N2C(=O)CC(C)(C)N2C)n1.c1cc2cc-2c1. The van der Waals surface area contributed by atoms with Gasteiger partial charge < -0.3 is 0 Å². The maximum absolute atomic E-state index is 12.0. The Kier molecular flexibility index (Phi) is 3.63. The number of hydrogen-bond acceptors (Lipinski definition) is 4. The van der Waals surface area contributed by atoms with E-state index >= 15 is 0 Å². The highest BCUT2D eigenvalue weighted by atomic mass is 16.2. The predicted octanol–water partition coefficient (Wildman–Crippen LogP) is 2.49. The van der Waals surface area contributed by atoms with Gasteiger partial charge in [0.2, 0.25) is 11.9 Å². The molecule has 1 aromatic rings. The molecule has 4 rings (SSSR count). The van der Waals surface area contributed by atoms with Gasteiger partial charge in [-0.2, -0.15) is 0 Å². The molecule has 1 saturated heterocycles. The Morgan fingerprint density at radius 3 is 2.39 bits per heavy atom. The summed E-state index contributed by atoms with van der Waals surface area (Å²) in [5.41, 5.74) is 3.10. The molecule has 1 fully saturated rings. The molecule has 0 radical (unpaired) electrons. The monoisotopic (exact) mass is 306 g/mol. The van der Waals surface area contributed by atoms with E-state index < -0.39 is 0 Å². The topological polar surface area (TPSA) is 49.3 Å². The maximum Gasteiger partial charge on any atom is 0.248 e. The van der Waals surface area contributed by atoms with Crippen molar-refractivity contribution in [3.63, 3.8) is 0 Å². The number of fused-ring (bicyclic) bond motifs is 1. The molecular formula is C18H18N4O. The fraction of sp³-hybridized carbons (Fsp3) is 0.278. The summed E-state index contributed by atoms with van der Waals surface area (Å²) in [5, 5.41) is 3.31. The van der Waals surface area contributed by atoms with Crippen LogP contribution >= 0.6 is 0 Å². The predicted molar refractivity (Wildman–Crippen MR) is 89.3 cm³/mol. The lowest BCUT2D eigenvalue weighted by atomic mass is 10.0. The zero-order valence-corrected chi connectivity index (χ0v) is 13.4. The van der Waals surface area contributed by atoms with E-state index in [-0.39, 0.29) is 11.4 Å². The van der Waals surface area contributed by atoms with Gasteiger partial charge in [-0.15, -0.1) is 6.42 Å². The highest BCUT2D eigenvalue weighted by molar-refractivity contribution is 5.93. The number of rotatable bonds is 1. The summed E-state index contributed by atoms with van der Waals surface area (Å²) >= 11 is 0. The molecule has 2 heterocycles. The number of anilines is 1. The van der Waals surface area contributed by atoms with Crippen LogP contribution in [-0.2, 0) is 4.79 Å². The van der Waals surface area contributed by atoms with Crippen LogP contribution in [-0.4, -0.2) is 33.5 Å². The van der Waals surface area contributed by atoms with E-state index in [0.29, 0.717) is 18.1 Å².